The summed E-state index contributed by atoms with van der Waals surface area (Å²) in [5, 5.41) is 8.83. The Labute approximate surface area is 189 Å². The van der Waals surface area contributed by atoms with E-state index in [4.69, 9.17) is 11.6 Å². The Bertz CT molecular complexity index is 1140. The molecule has 2 N–H and O–H groups in total. The number of hydrogen-bond acceptors (Lipinski definition) is 4. The molecule has 1 heterocycles. The van der Waals surface area contributed by atoms with Crippen LogP contribution in [-0.2, 0) is 4.79 Å². The molecule has 2 aromatic carbocycles. The highest BCUT2D eigenvalue weighted by molar-refractivity contribution is 7.10. The molecule has 0 bridgehead atoms. The van der Waals surface area contributed by atoms with Crippen LogP contribution < -0.4 is 10.7 Å². The van der Waals surface area contributed by atoms with E-state index in [0.717, 1.165) is 16.0 Å². The van der Waals surface area contributed by atoms with Gasteiger partial charge in [0.1, 0.15) is 5.70 Å². The van der Waals surface area contributed by atoms with Gasteiger partial charge in [0, 0.05) is 4.88 Å². The molecule has 2 amide bonds. The first kappa shape index (κ1) is 22.2. The first-order chi connectivity index (χ1) is 15.0. The number of hydrazone groups is 1. The average molecular weight is 450 g/mol. The van der Waals surface area contributed by atoms with Gasteiger partial charge < -0.3 is 5.32 Å². The molecule has 3 rings (SSSR count). The number of carbonyl (C=O) groups excluding carboxylic acids is 2. The van der Waals surface area contributed by atoms with Crippen molar-refractivity contribution in [3.05, 3.63) is 104 Å². The largest absolute Gasteiger partial charge is 0.317 e. The van der Waals surface area contributed by atoms with Gasteiger partial charge in [-0.3, -0.25) is 9.59 Å². The topological polar surface area (TPSA) is 70.6 Å². The molecule has 0 unspecified atom stereocenters. The normalized spacial score (nSPS) is 12.1. The second-order valence-corrected chi connectivity index (χ2v) is 7.89. The maximum absolute atomic E-state index is 12.7. The highest BCUT2D eigenvalue weighted by Gasteiger charge is 2.16. The molecule has 0 atom stereocenters. The molecule has 156 valence electrons. The zero-order valence-corrected chi connectivity index (χ0v) is 18.3. The van der Waals surface area contributed by atoms with Gasteiger partial charge in [-0.05, 0) is 47.7 Å². The summed E-state index contributed by atoms with van der Waals surface area (Å²) in [4.78, 5) is 26.2. The molecule has 1 aromatic heterocycles. The summed E-state index contributed by atoms with van der Waals surface area (Å²) in [6, 6.07) is 20.1. The first-order valence-corrected chi connectivity index (χ1v) is 10.7. The van der Waals surface area contributed by atoms with Crippen molar-refractivity contribution >= 4 is 53.1 Å². The SMILES string of the molecule is C/C(C=NNC(=O)/C(=C\c1cccs1)NC(=O)c1ccccc1Cl)=C\c1ccccc1. The van der Waals surface area contributed by atoms with Crippen LogP contribution in [0, 0.1) is 0 Å². The van der Waals surface area contributed by atoms with Gasteiger partial charge in [-0.2, -0.15) is 5.10 Å². The third-order valence-electron chi connectivity index (χ3n) is 4.07. The van der Waals surface area contributed by atoms with Crippen LogP contribution in [-0.4, -0.2) is 18.0 Å². The minimum Gasteiger partial charge on any atom is -0.317 e. The quantitative estimate of drug-likeness (QED) is 0.289. The van der Waals surface area contributed by atoms with Crippen molar-refractivity contribution in [2.75, 3.05) is 0 Å². The molecule has 0 aliphatic heterocycles. The van der Waals surface area contributed by atoms with E-state index in [9.17, 15) is 9.59 Å². The Kier molecular flexibility index (Phi) is 7.92. The van der Waals surface area contributed by atoms with E-state index in [1.165, 1.54) is 11.3 Å². The number of thiophene rings is 1. The van der Waals surface area contributed by atoms with Crippen LogP contribution in [0.1, 0.15) is 27.7 Å². The van der Waals surface area contributed by atoms with Crippen LogP contribution >= 0.6 is 22.9 Å². The molecule has 0 aliphatic rings. The third-order valence-corrected chi connectivity index (χ3v) is 5.22. The Hall–Kier alpha value is -3.48. The number of carbonyl (C=O) groups is 2. The van der Waals surface area contributed by atoms with Gasteiger partial charge in [0.05, 0.1) is 16.8 Å². The molecular formula is C24H20ClN3O2S. The summed E-state index contributed by atoms with van der Waals surface area (Å²) in [5.41, 5.74) is 4.69. The highest BCUT2D eigenvalue weighted by atomic mass is 35.5. The van der Waals surface area contributed by atoms with Gasteiger partial charge in [-0.15, -0.1) is 11.3 Å². The van der Waals surface area contributed by atoms with Crippen LogP contribution in [0.15, 0.2) is 88.5 Å². The lowest BCUT2D eigenvalue weighted by Crippen LogP contribution is -2.32. The molecule has 7 heteroatoms. The van der Waals surface area contributed by atoms with Crippen molar-refractivity contribution in [2.45, 2.75) is 6.92 Å². The lowest BCUT2D eigenvalue weighted by atomic mass is 10.1. The van der Waals surface area contributed by atoms with Gasteiger partial charge in [-0.25, -0.2) is 5.43 Å². The maximum atomic E-state index is 12.7. The molecule has 0 radical (unpaired) electrons. The standard InChI is InChI=1S/C24H20ClN3O2S/c1-17(14-18-8-3-2-4-9-18)16-26-28-24(30)22(15-19-10-7-13-31-19)27-23(29)20-11-5-6-12-21(20)25/h2-16H,1H3,(H,27,29)(H,28,30)/b17-14+,22-15+,26-16?. The van der Waals surface area contributed by atoms with Crippen molar-refractivity contribution in [3.63, 3.8) is 0 Å². The van der Waals surface area contributed by atoms with E-state index in [1.54, 1.807) is 36.6 Å². The summed E-state index contributed by atoms with van der Waals surface area (Å²) < 4.78 is 0. The van der Waals surface area contributed by atoms with Gasteiger partial charge >= 0.3 is 0 Å². The van der Waals surface area contributed by atoms with Crippen molar-refractivity contribution in [3.8, 4) is 0 Å². The molecule has 0 fully saturated rings. The Morgan fingerprint density at radius 1 is 0.968 bits per heavy atom. The number of nitrogens with one attached hydrogen (secondary N) is 2. The van der Waals surface area contributed by atoms with E-state index in [0.29, 0.717) is 5.02 Å². The van der Waals surface area contributed by atoms with E-state index in [-0.39, 0.29) is 11.3 Å². The number of benzene rings is 2. The van der Waals surface area contributed by atoms with Crippen molar-refractivity contribution in [1.29, 1.82) is 0 Å². The Morgan fingerprint density at radius 2 is 1.71 bits per heavy atom. The molecule has 0 saturated carbocycles. The zero-order valence-electron chi connectivity index (χ0n) is 16.7. The van der Waals surface area contributed by atoms with Crippen LogP contribution in [0.2, 0.25) is 5.02 Å². The number of amides is 2. The molecule has 31 heavy (non-hydrogen) atoms. The highest BCUT2D eigenvalue weighted by Crippen LogP contribution is 2.17. The van der Waals surface area contributed by atoms with Crippen LogP contribution in [0.5, 0.6) is 0 Å². The smallest absolute Gasteiger partial charge is 0.287 e. The monoisotopic (exact) mass is 449 g/mol. The number of rotatable bonds is 7. The van der Waals surface area contributed by atoms with Crippen LogP contribution in [0.3, 0.4) is 0 Å². The molecule has 3 aromatic rings. The molecule has 0 aliphatic carbocycles. The summed E-state index contributed by atoms with van der Waals surface area (Å²) in [6.45, 7) is 1.88. The fourth-order valence-corrected chi connectivity index (χ4v) is 3.49. The lowest BCUT2D eigenvalue weighted by Gasteiger charge is -2.09. The second-order valence-electron chi connectivity index (χ2n) is 6.51. The summed E-state index contributed by atoms with van der Waals surface area (Å²) in [6.07, 6.45) is 5.08. The Balaban J connectivity index is 1.73. The molecular weight excluding hydrogens is 430 g/mol. The van der Waals surface area contributed by atoms with E-state index in [1.807, 2.05) is 60.8 Å². The van der Waals surface area contributed by atoms with E-state index in [2.05, 4.69) is 15.8 Å². The minimum atomic E-state index is -0.544. The number of nitrogens with zero attached hydrogens (tertiary/aromatic N) is 1. The minimum absolute atomic E-state index is 0.0641. The number of allylic oxidation sites excluding steroid dienone is 1. The lowest BCUT2D eigenvalue weighted by molar-refractivity contribution is -0.117. The summed E-state index contributed by atoms with van der Waals surface area (Å²) in [5.74, 6) is -1.02. The number of hydrogen-bond donors (Lipinski definition) is 2. The maximum Gasteiger partial charge on any atom is 0.287 e. The van der Waals surface area contributed by atoms with E-state index < -0.39 is 11.8 Å². The van der Waals surface area contributed by atoms with Gasteiger partial charge in [0.15, 0.2) is 0 Å². The van der Waals surface area contributed by atoms with E-state index >= 15 is 0 Å². The third kappa shape index (κ3) is 6.77. The average Bonchev–Trinajstić information content (AvgIpc) is 3.27. The summed E-state index contributed by atoms with van der Waals surface area (Å²) in [7, 11) is 0. The van der Waals surface area contributed by atoms with Crippen LogP contribution in [0.4, 0.5) is 0 Å². The fourth-order valence-electron chi connectivity index (χ4n) is 2.61. The molecule has 0 spiro atoms. The Morgan fingerprint density at radius 3 is 2.42 bits per heavy atom. The van der Waals surface area contributed by atoms with Crippen molar-refractivity contribution in [1.82, 2.24) is 10.7 Å². The van der Waals surface area contributed by atoms with Gasteiger partial charge in [0.2, 0.25) is 0 Å². The predicted molar refractivity (Wildman–Crippen MR) is 128 cm³/mol. The molecule has 5 nitrogen and oxygen atoms in total. The second kappa shape index (κ2) is 11.1. The first-order valence-electron chi connectivity index (χ1n) is 9.41. The fraction of sp³-hybridized carbons (Fsp3) is 0.0417. The van der Waals surface area contributed by atoms with Crippen LogP contribution in [0.25, 0.3) is 12.2 Å². The van der Waals surface area contributed by atoms with Gasteiger partial charge in [0.25, 0.3) is 11.8 Å². The predicted octanol–water partition coefficient (Wildman–Crippen LogP) is 5.38. The van der Waals surface area contributed by atoms with Crippen molar-refractivity contribution < 1.29 is 9.59 Å². The van der Waals surface area contributed by atoms with Gasteiger partial charge in [-0.1, -0.05) is 66.2 Å². The molecule has 0 saturated heterocycles. The van der Waals surface area contributed by atoms with Crippen molar-refractivity contribution in [2.24, 2.45) is 5.10 Å². The number of halogens is 1. The summed E-state index contributed by atoms with van der Waals surface area (Å²) >= 11 is 7.54. The zero-order chi connectivity index (χ0) is 22.1.